The Kier molecular flexibility index (Phi) is 5.62. The molecule has 0 atom stereocenters. The van der Waals surface area contributed by atoms with Crippen LogP contribution in [0.2, 0.25) is 5.02 Å². The molecule has 21 heavy (non-hydrogen) atoms. The van der Waals surface area contributed by atoms with Crippen LogP contribution in [-0.2, 0) is 4.74 Å². The fourth-order valence-electron chi connectivity index (χ4n) is 2.88. The van der Waals surface area contributed by atoms with Crippen LogP contribution >= 0.6 is 11.6 Å². The summed E-state index contributed by atoms with van der Waals surface area (Å²) in [5.74, 6) is -0.0434. The minimum atomic E-state index is -0.0434. The van der Waals surface area contributed by atoms with E-state index in [2.05, 4.69) is 10.6 Å². The molecule has 0 spiro atoms. The lowest BCUT2D eigenvalue weighted by Gasteiger charge is -2.37. The molecule has 1 heterocycles. The van der Waals surface area contributed by atoms with Crippen molar-refractivity contribution in [3.05, 3.63) is 34.3 Å². The Bertz CT molecular complexity index is 494. The topological polar surface area (TPSA) is 50.4 Å². The quantitative estimate of drug-likeness (QED) is 0.878. The van der Waals surface area contributed by atoms with Crippen molar-refractivity contribution in [2.24, 2.45) is 5.41 Å². The van der Waals surface area contributed by atoms with Crippen LogP contribution in [0.5, 0.6) is 0 Å². The van der Waals surface area contributed by atoms with Gasteiger partial charge in [-0.1, -0.05) is 11.6 Å². The largest absolute Gasteiger partial charge is 0.384 e. The molecule has 0 saturated carbocycles. The normalized spacial score (nSPS) is 17.5. The molecule has 2 rings (SSSR count). The average molecular weight is 311 g/mol. The molecule has 116 valence electrons. The molecular formula is C16H23ClN2O2. The van der Waals surface area contributed by atoms with Crippen molar-refractivity contribution in [3.63, 3.8) is 0 Å². The molecule has 1 amide bonds. The van der Waals surface area contributed by atoms with Crippen LogP contribution in [-0.4, -0.2) is 39.3 Å². The van der Waals surface area contributed by atoms with E-state index >= 15 is 0 Å². The lowest BCUT2D eigenvalue weighted by molar-refractivity contribution is 0.0511. The van der Waals surface area contributed by atoms with Crippen LogP contribution < -0.4 is 10.6 Å². The van der Waals surface area contributed by atoms with Gasteiger partial charge in [0.25, 0.3) is 5.91 Å². The van der Waals surface area contributed by atoms with Crippen molar-refractivity contribution in [3.8, 4) is 0 Å². The predicted octanol–water partition coefficient (Wildman–Crippen LogP) is 2.39. The Morgan fingerprint density at radius 3 is 2.76 bits per heavy atom. The molecule has 0 aliphatic carbocycles. The number of nitrogens with one attached hydrogen (secondary N) is 2. The van der Waals surface area contributed by atoms with E-state index in [4.69, 9.17) is 16.3 Å². The van der Waals surface area contributed by atoms with Gasteiger partial charge in [-0.3, -0.25) is 4.79 Å². The highest BCUT2D eigenvalue weighted by Crippen LogP contribution is 2.28. The minimum absolute atomic E-state index is 0.0377. The highest BCUT2D eigenvalue weighted by molar-refractivity contribution is 6.30. The van der Waals surface area contributed by atoms with Gasteiger partial charge in [0.05, 0.1) is 6.61 Å². The summed E-state index contributed by atoms with van der Waals surface area (Å²) in [5.41, 5.74) is 1.61. The van der Waals surface area contributed by atoms with Crippen LogP contribution in [0.1, 0.15) is 28.8 Å². The zero-order chi connectivity index (χ0) is 15.3. The molecule has 2 N–H and O–H groups in total. The van der Waals surface area contributed by atoms with E-state index in [0.717, 1.165) is 31.5 Å². The Hall–Kier alpha value is -1.10. The number of hydrogen-bond acceptors (Lipinski definition) is 3. The molecule has 0 unspecified atom stereocenters. The summed E-state index contributed by atoms with van der Waals surface area (Å²) in [6.45, 7) is 5.16. The van der Waals surface area contributed by atoms with E-state index in [0.29, 0.717) is 23.7 Å². The summed E-state index contributed by atoms with van der Waals surface area (Å²) in [6.07, 6.45) is 2.03. The van der Waals surface area contributed by atoms with Crippen molar-refractivity contribution in [1.29, 1.82) is 0 Å². The number of ether oxygens (including phenoxy) is 1. The van der Waals surface area contributed by atoms with E-state index in [1.54, 1.807) is 19.2 Å². The van der Waals surface area contributed by atoms with E-state index in [9.17, 15) is 4.79 Å². The number of carbonyl (C=O) groups excluding carboxylic acids is 1. The minimum Gasteiger partial charge on any atom is -0.384 e. The number of methoxy groups -OCH3 is 1. The van der Waals surface area contributed by atoms with Crippen molar-refractivity contribution in [1.82, 2.24) is 10.6 Å². The number of hydrogen-bond donors (Lipinski definition) is 2. The molecule has 0 radical (unpaired) electrons. The zero-order valence-corrected chi connectivity index (χ0v) is 13.4. The molecule has 0 bridgehead atoms. The third-order valence-corrected chi connectivity index (χ3v) is 4.41. The third kappa shape index (κ3) is 4.19. The van der Waals surface area contributed by atoms with E-state index in [1.807, 2.05) is 13.0 Å². The summed E-state index contributed by atoms with van der Waals surface area (Å²) in [7, 11) is 1.72. The second-order valence-electron chi connectivity index (χ2n) is 5.82. The van der Waals surface area contributed by atoms with Crippen molar-refractivity contribution < 1.29 is 9.53 Å². The average Bonchev–Trinajstić information content (AvgIpc) is 2.46. The van der Waals surface area contributed by atoms with Gasteiger partial charge in [-0.05, 0) is 56.6 Å². The number of piperidine rings is 1. The molecule has 4 nitrogen and oxygen atoms in total. The highest BCUT2D eigenvalue weighted by Gasteiger charge is 2.32. The fourth-order valence-corrected chi connectivity index (χ4v) is 3.11. The van der Waals surface area contributed by atoms with Gasteiger partial charge in [-0.15, -0.1) is 0 Å². The van der Waals surface area contributed by atoms with E-state index < -0.39 is 0 Å². The summed E-state index contributed by atoms with van der Waals surface area (Å²) < 4.78 is 5.37. The SMILES string of the molecule is COCC1(CNC(=O)c2ccc(Cl)cc2C)CCNCC1. The number of aryl methyl sites for hydroxylation is 1. The predicted molar refractivity (Wildman–Crippen MR) is 84.9 cm³/mol. The first-order valence-electron chi connectivity index (χ1n) is 7.30. The molecule has 0 aromatic heterocycles. The number of amides is 1. The first-order valence-corrected chi connectivity index (χ1v) is 7.68. The van der Waals surface area contributed by atoms with Crippen LogP contribution in [0.3, 0.4) is 0 Å². The fraction of sp³-hybridized carbons (Fsp3) is 0.562. The summed E-state index contributed by atoms with van der Waals surface area (Å²) in [6, 6.07) is 5.34. The number of carbonyl (C=O) groups is 1. The van der Waals surface area contributed by atoms with Crippen molar-refractivity contribution in [2.75, 3.05) is 33.4 Å². The van der Waals surface area contributed by atoms with Gasteiger partial charge in [0.2, 0.25) is 0 Å². The molecule has 1 aliphatic rings. The molecule has 1 aromatic rings. The lowest BCUT2D eigenvalue weighted by atomic mass is 9.79. The van der Waals surface area contributed by atoms with Gasteiger partial charge < -0.3 is 15.4 Å². The lowest BCUT2D eigenvalue weighted by Crippen LogP contribution is -2.47. The van der Waals surface area contributed by atoms with Gasteiger partial charge in [0, 0.05) is 29.7 Å². The Morgan fingerprint density at radius 1 is 1.43 bits per heavy atom. The standard InChI is InChI=1S/C16H23ClN2O2/c1-12-9-13(17)3-4-14(12)15(20)19-10-16(11-21-2)5-7-18-8-6-16/h3-4,9,18H,5-8,10-11H2,1-2H3,(H,19,20). The smallest absolute Gasteiger partial charge is 0.251 e. The molecule has 1 aliphatic heterocycles. The van der Waals surface area contributed by atoms with Crippen LogP contribution in [0.4, 0.5) is 0 Å². The monoisotopic (exact) mass is 310 g/mol. The van der Waals surface area contributed by atoms with Crippen LogP contribution in [0.25, 0.3) is 0 Å². The second-order valence-corrected chi connectivity index (χ2v) is 6.26. The Balaban J connectivity index is 2.01. The summed E-state index contributed by atoms with van der Waals surface area (Å²) >= 11 is 5.93. The molecule has 5 heteroatoms. The number of halogens is 1. The number of rotatable bonds is 5. The van der Waals surface area contributed by atoms with Gasteiger partial charge >= 0.3 is 0 Å². The summed E-state index contributed by atoms with van der Waals surface area (Å²) in [4.78, 5) is 12.4. The molecule has 1 saturated heterocycles. The van der Waals surface area contributed by atoms with Gasteiger partial charge in [0.1, 0.15) is 0 Å². The first kappa shape index (κ1) is 16.3. The van der Waals surface area contributed by atoms with Crippen LogP contribution in [0.15, 0.2) is 18.2 Å². The maximum absolute atomic E-state index is 12.4. The van der Waals surface area contributed by atoms with Gasteiger partial charge in [0.15, 0.2) is 0 Å². The van der Waals surface area contributed by atoms with Gasteiger partial charge in [-0.25, -0.2) is 0 Å². The summed E-state index contributed by atoms with van der Waals surface area (Å²) in [5, 5.41) is 7.07. The van der Waals surface area contributed by atoms with Crippen molar-refractivity contribution >= 4 is 17.5 Å². The van der Waals surface area contributed by atoms with Crippen molar-refractivity contribution in [2.45, 2.75) is 19.8 Å². The Labute approximate surface area is 131 Å². The van der Waals surface area contributed by atoms with E-state index in [-0.39, 0.29) is 11.3 Å². The second kappa shape index (κ2) is 7.25. The number of benzene rings is 1. The van der Waals surface area contributed by atoms with Crippen LogP contribution in [0, 0.1) is 12.3 Å². The maximum Gasteiger partial charge on any atom is 0.251 e. The molecular weight excluding hydrogens is 288 g/mol. The third-order valence-electron chi connectivity index (χ3n) is 4.17. The van der Waals surface area contributed by atoms with Gasteiger partial charge in [-0.2, -0.15) is 0 Å². The molecule has 1 fully saturated rings. The Morgan fingerprint density at radius 2 is 2.14 bits per heavy atom. The van der Waals surface area contributed by atoms with E-state index in [1.165, 1.54) is 0 Å². The zero-order valence-electron chi connectivity index (χ0n) is 12.7. The first-order chi connectivity index (χ1) is 10.1. The molecule has 1 aromatic carbocycles. The highest BCUT2D eigenvalue weighted by atomic mass is 35.5. The maximum atomic E-state index is 12.4.